The lowest BCUT2D eigenvalue weighted by Gasteiger charge is -2.37. The van der Waals surface area contributed by atoms with E-state index in [4.69, 9.17) is 0 Å². The molecular weight excluding hydrogens is 190 g/mol. The van der Waals surface area contributed by atoms with E-state index in [1.807, 2.05) is 0 Å². The molecule has 0 aromatic carbocycles. The van der Waals surface area contributed by atoms with Gasteiger partial charge < -0.3 is 5.32 Å². The quantitative estimate of drug-likeness (QED) is 0.757. The van der Waals surface area contributed by atoms with E-state index in [0.717, 1.165) is 23.9 Å². The number of nitrogens with one attached hydrogen (secondary N) is 1. The van der Waals surface area contributed by atoms with Gasteiger partial charge in [0.15, 0.2) is 0 Å². The molecule has 1 aliphatic heterocycles. The van der Waals surface area contributed by atoms with E-state index in [2.05, 4.69) is 30.9 Å². The minimum absolute atomic E-state index is 0.799. The van der Waals surface area contributed by atoms with E-state index in [1.165, 1.54) is 37.2 Å². The van der Waals surface area contributed by atoms with Gasteiger partial charge in [0, 0.05) is 17.8 Å². The summed E-state index contributed by atoms with van der Waals surface area (Å²) in [5.41, 5.74) is 0. The molecule has 0 radical (unpaired) electrons. The highest BCUT2D eigenvalue weighted by Crippen LogP contribution is 2.30. The number of hydrogen-bond donors (Lipinski definition) is 1. The van der Waals surface area contributed by atoms with E-state index in [0.29, 0.717) is 0 Å². The molecule has 1 heterocycles. The van der Waals surface area contributed by atoms with Gasteiger partial charge in [-0.15, -0.1) is 0 Å². The van der Waals surface area contributed by atoms with Gasteiger partial charge in [-0.2, -0.15) is 11.8 Å². The van der Waals surface area contributed by atoms with Gasteiger partial charge >= 0.3 is 0 Å². The van der Waals surface area contributed by atoms with Crippen molar-refractivity contribution in [2.75, 3.05) is 11.5 Å². The Morgan fingerprint density at radius 1 is 1.07 bits per heavy atom. The van der Waals surface area contributed by atoms with Crippen molar-refractivity contribution in [3.8, 4) is 0 Å². The maximum atomic E-state index is 3.90. The first-order valence-corrected chi connectivity index (χ1v) is 7.26. The fourth-order valence-corrected chi connectivity index (χ4v) is 4.11. The lowest BCUT2D eigenvalue weighted by atomic mass is 9.78. The van der Waals surface area contributed by atoms with Crippen molar-refractivity contribution in [3.05, 3.63) is 0 Å². The first-order valence-electron chi connectivity index (χ1n) is 6.11. The molecule has 0 spiro atoms. The molecule has 0 amide bonds. The van der Waals surface area contributed by atoms with Gasteiger partial charge in [0.1, 0.15) is 0 Å². The second-order valence-electron chi connectivity index (χ2n) is 5.14. The number of hydrogen-bond acceptors (Lipinski definition) is 2. The summed E-state index contributed by atoms with van der Waals surface area (Å²) in [6, 6.07) is 1.61. The second kappa shape index (κ2) is 4.89. The molecule has 0 bridgehead atoms. The molecule has 1 saturated carbocycles. The molecule has 82 valence electrons. The first-order chi connectivity index (χ1) is 6.77. The fourth-order valence-electron chi connectivity index (χ4n) is 2.95. The van der Waals surface area contributed by atoms with Gasteiger partial charge in [0.2, 0.25) is 0 Å². The second-order valence-corrected chi connectivity index (χ2v) is 6.29. The van der Waals surface area contributed by atoms with Crippen molar-refractivity contribution in [1.29, 1.82) is 0 Å². The molecule has 1 aliphatic carbocycles. The molecule has 0 aromatic rings. The zero-order valence-electron chi connectivity index (χ0n) is 9.46. The van der Waals surface area contributed by atoms with Crippen LogP contribution in [0.25, 0.3) is 0 Å². The maximum Gasteiger partial charge on any atom is 0.0168 e. The zero-order chi connectivity index (χ0) is 9.97. The van der Waals surface area contributed by atoms with Gasteiger partial charge in [-0.3, -0.25) is 0 Å². The summed E-state index contributed by atoms with van der Waals surface area (Å²) in [5, 5.41) is 3.90. The number of rotatable bonds is 2. The van der Waals surface area contributed by atoms with Crippen molar-refractivity contribution in [2.45, 2.75) is 51.6 Å². The fraction of sp³-hybridized carbons (Fsp3) is 1.00. The van der Waals surface area contributed by atoms with Crippen LogP contribution in [0.5, 0.6) is 0 Å². The van der Waals surface area contributed by atoms with Crippen LogP contribution in [0.1, 0.15) is 39.5 Å². The Morgan fingerprint density at radius 2 is 1.79 bits per heavy atom. The van der Waals surface area contributed by atoms with Crippen molar-refractivity contribution >= 4 is 11.8 Å². The highest BCUT2D eigenvalue weighted by atomic mass is 32.2. The third-order valence-corrected chi connectivity index (χ3v) is 5.07. The van der Waals surface area contributed by atoms with Crippen LogP contribution in [0.4, 0.5) is 0 Å². The van der Waals surface area contributed by atoms with Crippen molar-refractivity contribution in [3.63, 3.8) is 0 Å². The zero-order valence-corrected chi connectivity index (χ0v) is 10.3. The van der Waals surface area contributed by atoms with Gasteiger partial charge in [0.25, 0.3) is 0 Å². The molecule has 1 N–H and O–H groups in total. The average Bonchev–Trinajstić information content (AvgIpc) is 2.64. The molecule has 2 heteroatoms. The third kappa shape index (κ3) is 2.46. The van der Waals surface area contributed by atoms with Crippen molar-refractivity contribution in [1.82, 2.24) is 5.32 Å². The highest BCUT2D eigenvalue weighted by molar-refractivity contribution is 7.99. The minimum Gasteiger partial charge on any atom is -0.310 e. The standard InChI is InChI=1S/C12H23NS/c1-9-4-3-5-10(2)12(9)13-11-6-7-14-8-11/h9-13H,3-8H2,1-2H3. The maximum absolute atomic E-state index is 3.90. The summed E-state index contributed by atoms with van der Waals surface area (Å²) in [5.74, 6) is 4.50. The SMILES string of the molecule is CC1CCCC(C)C1NC1CCSC1. The Morgan fingerprint density at radius 3 is 2.36 bits per heavy atom. The summed E-state index contributed by atoms with van der Waals surface area (Å²) in [6.45, 7) is 4.85. The van der Waals surface area contributed by atoms with Gasteiger partial charge in [-0.25, -0.2) is 0 Å². The third-order valence-electron chi connectivity index (χ3n) is 3.90. The molecular formula is C12H23NS. The molecule has 2 aliphatic rings. The molecule has 2 fully saturated rings. The van der Waals surface area contributed by atoms with E-state index in [9.17, 15) is 0 Å². The van der Waals surface area contributed by atoms with Gasteiger partial charge in [0.05, 0.1) is 0 Å². The van der Waals surface area contributed by atoms with Gasteiger partial charge in [-0.1, -0.05) is 20.3 Å². The summed E-state index contributed by atoms with van der Waals surface area (Å²) in [4.78, 5) is 0. The average molecular weight is 213 g/mol. The van der Waals surface area contributed by atoms with E-state index >= 15 is 0 Å². The van der Waals surface area contributed by atoms with Crippen LogP contribution in [0, 0.1) is 11.8 Å². The Kier molecular flexibility index (Phi) is 3.78. The monoisotopic (exact) mass is 213 g/mol. The Labute approximate surface area is 92.4 Å². The predicted molar refractivity (Wildman–Crippen MR) is 64.8 cm³/mol. The molecule has 1 nitrogen and oxygen atoms in total. The minimum atomic E-state index is 0.799. The molecule has 3 unspecified atom stereocenters. The Balaban J connectivity index is 1.86. The summed E-state index contributed by atoms with van der Waals surface area (Å²) in [7, 11) is 0. The Bertz CT molecular complexity index is 167. The van der Waals surface area contributed by atoms with Crippen molar-refractivity contribution in [2.24, 2.45) is 11.8 Å². The molecule has 1 saturated heterocycles. The Hall–Kier alpha value is 0.310. The smallest absolute Gasteiger partial charge is 0.0168 e. The van der Waals surface area contributed by atoms with Crippen LogP contribution >= 0.6 is 11.8 Å². The summed E-state index contributed by atoms with van der Waals surface area (Å²) in [6.07, 6.45) is 5.70. The van der Waals surface area contributed by atoms with Crippen LogP contribution in [-0.2, 0) is 0 Å². The van der Waals surface area contributed by atoms with Crippen LogP contribution in [0.2, 0.25) is 0 Å². The first kappa shape index (κ1) is 10.8. The van der Waals surface area contributed by atoms with Crippen LogP contribution in [0.15, 0.2) is 0 Å². The summed E-state index contributed by atoms with van der Waals surface area (Å²) >= 11 is 2.11. The van der Waals surface area contributed by atoms with Crippen LogP contribution in [-0.4, -0.2) is 23.6 Å². The van der Waals surface area contributed by atoms with E-state index < -0.39 is 0 Å². The van der Waals surface area contributed by atoms with E-state index in [-0.39, 0.29) is 0 Å². The molecule has 0 aromatic heterocycles. The van der Waals surface area contributed by atoms with Crippen molar-refractivity contribution < 1.29 is 0 Å². The molecule has 3 atom stereocenters. The lowest BCUT2D eigenvalue weighted by molar-refractivity contribution is 0.196. The molecule has 14 heavy (non-hydrogen) atoms. The lowest BCUT2D eigenvalue weighted by Crippen LogP contribution is -2.47. The molecule has 2 rings (SSSR count). The van der Waals surface area contributed by atoms with Crippen LogP contribution in [0.3, 0.4) is 0 Å². The largest absolute Gasteiger partial charge is 0.310 e. The summed E-state index contributed by atoms with van der Waals surface area (Å²) < 4.78 is 0. The number of thioether (sulfide) groups is 1. The van der Waals surface area contributed by atoms with Crippen LogP contribution < -0.4 is 5.32 Å². The topological polar surface area (TPSA) is 12.0 Å². The van der Waals surface area contributed by atoms with E-state index in [1.54, 1.807) is 0 Å². The highest BCUT2D eigenvalue weighted by Gasteiger charge is 2.30. The normalized spacial score (nSPS) is 44.1. The predicted octanol–water partition coefficient (Wildman–Crippen LogP) is 2.91. The van der Waals surface area contributed by atoms with Gasteiger partial charge in [-0.05, 0) is 36.9 Å².